The number of fused-ring (bicyclic) bond motifs is 1. The van der Waals surface area contributed by atoms with Crippen molar-refractivity contribution in [2.75, 3.05) is 31.1 Å². The molecule has 0 spiro atoms. The summed E-state index contributed by atoms with van der Waals surface area (Å²) >= 11 is 0. The molecule has 0 atom stereocenters. The number of para-hydroxylation sites is 1. The number of carbonyl (C=O) groups is 2. The highest BCUT2D eigenvalue weighted by molar-refractivity contribution is 5.96. The number of aliphatic carboxylic acids is 1. The topological polar surface area (TPSA) is 60.9 Å². The van der Waals surface area contributed by atoms with E-state index in [9.17, 15) is 9.59 Å². The molecule has 5 heteroatoms. The fraction of sp³-hybridized carbons (Fsp3) is 0.375. The van der Waals surface area contributed by atoms with E-state index in [0.717, 1.165) is 24.1 Å². The summed E-state index contributed by atoms with van der Waals surface area (Å²) in [6.45, 7) is 0.594. The van der Waals surface area contributed by atoms with Gasteiger partial charge in [-0.15, -0.1) is 6.42 Å². The van der Waals surface area contributed by atoms with Crippen molar-refractivity contribution in [2.24, 2.45) is 0 Å². The van der Waals surface area contributed by atoms with E-state index in [1.54, 1.807) is 4.90 Å². The molecule has 5 nitrogen and oxygen atoms in total. The zero-order valence-electron chi connectivity index (χ0n) is 11.8. The zero-order chi connectivity index (χ0) is 15.2. The number of hydrogen-bond acceptors (Lipinski definition) is 3. The van der Waals surface area contributed by atoms with Crippen LogP contribution in [-0.4, -0.2) is 48.1 Å². The van der Waals surface area contributed by atoms with Crippen LogP contribution in [0.25, 0.3) is 0 Å². The average molecular weight is 286 g/mol. The molecule has 1 aromatic rings. The number of terminal acetylenes is 1. The van der Waals surface area contributed by atoms with Crippen molar-refractivity contribution in [3.8, 4) is 12.3 Å². The van der Waals surface area contributed by atoms with Gasteiger partial charge in [0.25, 0.3) is 0 Å². The maximum absolute atomic E-state index is 12.5. The van der Waals surface area contributed by atoms with Crippen LogP contribution in [-0.2, 0) is 16.0 Å². The summed E-state index contributed by atoms with van der Waals surface area (Å²) < 4.78 is 0. The molecule has 1 amide bonds. The van der Waals surface area contributed by atoms with Gasteiger partial charge in [-0.25, -0.2) is 0 Å². The van der Waals surface area contributed by atoms with Crippen molar-refractivity contribution < 1.29 is 14.7 Å². The van der Waals surface area contributed by atoms with Gasteiger partial charge in [-0.1, -0.05) is 24.1 Å². The van der Waals surface area contributed by atoms with Gasteiger partial charge in [0.05, 0.1) is 19.6 Å². The molecule has 0 unspecified atom stereocenters. The molecule has 21 heavy (non-hydrogen) atoms. The van der Waals surface area contributed by atoms with Crippen LogP contribution in [0.3, 0.4) is 0 Å². The van der Waals surface area contributed by atoms with E-state index in [2.05, 4.69) is 5.92 Å². The summed E-state index contributed by atoms with van der Waals surface area (Å²) in [7, 11) is 0. The van der Waals surface area contributed by atoms with Gasteiger partial charge in [0.1, 0.15) is 0 Å². The lowest BCUT2D eigenvalue weighted by Gasteiger charge is -2.31. The standard InChI is InChI=1S/C16H18N2O3/c1-2-9-17(12-16(20)21)11-15(19)18-10-5-7-13-6-3-4-8-14(13)18/h1,3-4,6,8H,5,7,9-12H2,(H,20,21). The van der Waals surface area contributed by atoms with Crippen LogP contribution in [0.15, 0.2) is 24.3 Å². The van der Waals surface area contributed by atoms with E-state index in [-0.39, 0.29) is 25.5 Å². The maximum Gasteiger partial charge on any atom is 0.317 e. The second kappa shape index (κ2) is 6.91. The van der Waals surface area contributed by atoms with Gasteiger partial charge >= 0.3 is 5.97 Å². The van der Waals surface area contributed by atoms with Crippen LogP contribution in [0, 0.1) is 12.3 Å². The van der Waals surface area contributed by atoms with Gasteiger partial charge < -0.3 is 10.0 Å². The minimum atomic E-state index is -0.989. The van der Waals surface area contributed by atoms with E-state index < -0.39 is 5.97 Å². The Morgan fingerprint density at radius 1 is 1.33 bits per heavy atom. The van der Waals surface area contributed by atoms with Crippen molar-refractivity contribution in [1.29, 1.82) is 0 Å². The highest BCUT2D eigenvalue weighted by Gasteiger charge is 2.24. The molecule has 1 aliphatic heterocycles. The third-order valence-corrected chi connectivity index (χ3v) is 3.44. The second-order valence-electron chi connectivity index (χ2n) is 5.02. The molecule has 0 radical (unpaired) electrons. The number of benzene rings is 1. The Labute approximate surface area is 124 Å². The Morgan fingerprint density at radius 2 is 2.10 bits per heavy atom. The summed E-state index contributed by atoms with van der Waals surface area (Å²) in [4.78, 5) is 26.4. The summed E-state index contributed by atoms with van der Waals surface area (Å²) in [5, 5.41) is 8.86. The second-order valence-corrected chi connectivity index (χ2v) is 5.02. The van der Waals surface area contributed by atoms with Crippen molar-refractivity contribution in [3.63, 3.8) is 0 Å². The van der Waals surface area contributed by atoms with E-state index >= 15 is 0 Å². The molecular formula is C16H18N2O3. The fourth-order valence-electron chi connectivity index (χ4n) is 2.56. The predicted molar refractivity (Wildman–Crippen MR) is 80.0 cm³/mol. The number of rotatable bonds is 5. The number of aryl methyl sites for hydroxylation is 1. The lowest BCUT2D eigenvalue weighted by molar-refractivity contribution is -0.138. The van der Waals surface area contributed by atoms with Crippen LogP contribution < -0.4 is 4.90 Å². The van der Waals surface area contributed by atoms with Crippen LogP contribution >= 0.6 is 0 Å². The Kier molecular flexibility index (Phi) is 4.96. The molecule has 1 aromatic carbocycles. The Morgan fingerprint density at radius 3 is 2.81 bits per heavy atom. The highest BCUT2D eigenvalue weighted by Crippen LogP contribution is 2.26. The molecule has 0 bridgehead atoms. The number of amides is 1. The van der Waals surface area contributed by atoms with E-state index in [4.69, 9.17) is 11.5 Å². The summed E-state index contributed by atoms with van der Waals surface area (Å²) in [6, 6.07) is 7.81. The molecule has 0 aliphatic carbocycles. The Balaban J connectivity index is 2.10. The number of carbonyl (C=O) groups excluding carboxylic acids is 1. The Hall–Kier alpha value is -2.32. The van der Waals surface area contributed by atoms with Gasteiger partial charge in [0, 0.05) is 12.2 Å². The summed E-state index contributed by atoms with van der Waals surface area (Å²) in [5.41, 5.74) is 2.07. The highest BCUT2D eigenvalue weighted by atomic mass is 16.4. The molecule has 110 valence electrons. The van der Waals surface area contributed by atoms with Gasteiger partial charge in [-0.05, 0) is 24.5 Å². The molecule has 0 saturated heterocycles. The van der Waals surface area contributed by atoms with E-state index in [1.165, 1.54) is 4.90 Å². The van der Waals surface area contributed by atoms with Crippen molar-refractivity contribution in [2.45, 2.75) is 12.8 Å². The third-order valence-electron chi connectivity index (χ3n) is 3.44. The molecule has 0 saturated carbocycles. The number of carboxylic acid groups (broad SMARTS) is 1. The molecule has 0 fully saturated rings. The number of hydrogen-bond donors (Lipinski definition) is 1. The first kappa shape index (κ1) is 15.1. The minimum Gasteiger partial charge on any atom is -0.480 e. The van der Waals surface area contributed by atoms with Crippen LogP contribution in [0.2, 0.25) is 0 Å². The number of nitrogens with zero attached hydrogens (tertiary/aromatic N) is 2. The normalized spacial score (nSPS) is 13.6. The largest absolute Gasteiger partial charge is 0.480 e. The van der Waals surface area contributed by atoms with Crippen LogP contribution in [0.5, 0.6) is 0 Å². The van der Waals surface area contributed by atoms with Gasteiger partial charge in [-0.3, -0.25) is 14.5 Å². The fourth-order valence-corrected chi connectivity index (χ4v) is 2.56. The van der Waals surface area contributed by atoms with Crippen LogP contribution in [0.4, 0.5) is 5.69 Å². The summed E-state index contributed by atoms with van der Waals surface area (Å²) in [6.07, 6.45) is 7.10. The first-order chi connectivity index (χ1) is 10.1. The van der Waals surface area contributed by atoms with E-state index in [1.807, 2.05) is 24.3 Å². The van der Waals surface area contributed by atoms with Crippen molar-refractivity contribution in [3.05, 3.63) is 29.8 Å². The van der Waals surface area contributed by atoms with Crippen molar-refractivity contribution >= 4 is 17.6 Å². The lowest BCUT2D eigenvalue weighted by atomic mass is 10.0. The summed E-state index contributed by atoms with van der Waals surface area (Å²) in [5.74, 6) is 1.29. The Bertz CT molecular complexity index is 577. The average Bonchev–Trinajstić information content (AvgIpc) is 2.46. The van der Waals surface area contributed by atoms with Crippen LogP contribution in [0.1, 0.15) is 12.0 Å². The third kappa shape index (κ3) is 3.83. The SMILES string of the molecule is C#CCN(CC(=O)O)CC(=O)N1CCCc2ccccc21. The first-order valence-corrected chi connectivity index (χ1v) is 6.87. The van der Waals surface area contributed by atoms with Gasteiger partial charge in [-0.2, -0.15) is 0 Å². The number of anilines is 1. The monoisotopic (exact) mass is 286 g/mol. The molecule has 2 rings (SSSR count). The first-order valence-electron chi connectivity index (χ1n) is 6.87. The molecule has 1 aliphatic rings. The molecule has 0 aromatic heterocycles. The van der Waals surface area contributed by atoms with Gasteiger partial charge in [0.2, 0.25) is 5.91 Å². The maximum atomic E-state index is 12.5. The van der Waals surface area contributed by atoms with Crippen molar-refractivity contribution in [1.82, 2.24) is 4.90 Å². The predicted octanol–water partition coefficient (Wildman–Crippen LogP) is 0.986. The van der Waals surface area contributed by atoms with E-state index in [0.29, 0.717) is 6.54 Å². The quantitative estimate of drug-likeness (QED) is 0.820. The number of carboxylic acids is 1. The molecule has 1 heterocycles. The smallest absolute Gasteiger partial charge is 0.317 e. The lowest BCUT2D eigenvalue weighted by Crippen LogP contribution is -2.44. The zero-order valence-corrected chi connectivity index (χ0v) is 11.8. The molecule has 1 N–H and O–H groups in total. The minimum absolute atomic E-state index is 0.0187. The molecular weight excluding hydrogens is 268 g/mol. The van der Waals surface area contributed by atoms with Gasteiger partial charge in [0.15, 0.2) is 0 Å².